The minimum Gasteiger partial charge on any atom is -0.247 e. The molecule has 0 radical (unpaired) electrons. The van der Waals surface area contributed by atoms with E-state index in [0.29, 0.717) is 11.1 Å². The van der Waals surface area contributed by atoms with Crippen LogP contribution in [0.3, 0.4) is 0 Å². The molecule has 166 valence electrons. The second kappa shape index (κ2) is 7.84. The number of hydrogen-bond donors (Lipinski definition) is 0. The van der Waals surface area contributed by atoms with Gasteiger partial charge < -0.3 is 0 Å². The first kappa shape index (κ1) is 20.7. The van der Waals surface area contributed by atoms with Gasteiger partial charge in [-0.2, -0.15) is 13.2 Å². The Bertz CT molecular complexity index is 1530. The standard InChI is InChI=1S/C30H20F3N/c31-30(32,33)27-12-6-10-21-13-14-28(34-29(21)27)26-17-20(15-19-7-2-1-3-8-19)16-24-23-11-5-4-9-22(23)18-25(24)26/h1-14,16-17H,15,18H2. The van der Waals surface area contributed by atoms with Crippen molar-refractivity contribution in [1.29, 1.82) is 0 Å². The van der Waals surface area contributed by atoms with Crippen LogP contribution in [0.5, 0.6) is 0 Å². The van der Waals surface area contributed by atoms with Crippen LogP contribution in [0.25, 0.3) is 33.3 Å². The molecule has 0 N–H and O–H groups in total. The summed E-state index contributed by atoms with van der Waals surface area (Å²) < 4.78 is 41.2. The zero-order valence-electron chi connectivity index (χ0n) is 18.2. The Labute approximate surface area is 195 Å². The molecule has 0 unspecified atom stereocenters. The lowest BCUT2D eigenvalue weighted by Gasteiger charge is -2.15. The molecule has 34 heavy (non-hydrogen) atoms. The molecule has 0 atom stereocenters. The fourth-order valence-corrected chi connectivity index (χ4v) is 4.98. The molecule has 0 bridgehead atoms. The highest BCUT2D eigenvalue weighted by molar-refractivity contribution is 5.88. The van der Waals surface area contributed by atoms with Crippen molar-refractivity contribution in [2.75, 3.05) is 0 Å². The van der Waals surface area contributed by atoms with E-state index in [2.05, 4.69) is 41.4 Å². The topological polar surface area (TPSA) is 12.9 Å². The third-order valence-corrected chi connectivity index (χ3v) is 6.54. The lowest BCUT2D eigenvalue weighted by Crippen LogP contribution is -2.07. The van der Waals surface area contributed by atoms with E-state index >= 15 is 0 Å². The van der Waals surface area contributed by atoms with Crippen LogP contribution in [-0.2, 0) is 19.0 Å². The van der Waals surface area contributed by atoms with Gasteiger partial charge in [-0.05, 0) is 64.4 Å². The maximum atomic E-state index is 13.7. The van der Waals surface area contributed by atoms with E-state index in [0.717, 1.165) is 41.2 Å². The molecule has 0 saturated carbocycles. The second-order valence-corrected chi connectivity index (χ2v) is 8.74. The molecule has 0 spiro atoms. The first-order valence-corrected chi connectivity index (χ1v) is 11.2. The zero-order valence-corrected chi connectivity index (χ0v) is 18.2. The van der Waals surface area contributed by atoms with Gasteiger partial charge in [0.1, 0.15) is 0 Å². The SMILES string of the molecule is FC(F)(F)c1cccc2ccc(-c3cc(Cc4ccccc4)cc4c3Cc3ccccc3-4)nc12. The van der Waals surface area contributed by atoms with Gasteiger partial charge in [0.15, 0.2) is 0 Å². The van der Waals surface area contributed by atoms with E-state index in [1.165, 1.54) is 22.8 Å². The monoisotopic (exact) mass is 451 g/mol. The van der Waals surface area contributed by atoms with Crippen LogP contribution >= 0.6 is 0 Å². The summed E-state index contributed by atoms with van der Waals surface area (Å²) in [5.41, 5.74) is 7.74. The van der Waals surface area contributed by atoms with Crippen molar-refractivity contribution in [2.24, 2.45) is 0 Å². The minimum atomic E-state index is -4.46. The third-order valence-electron chi connectivity index (χ3n) is 6.54. The van der Waals surface area contributed by atoms with E-state index in [1.54, 1.807) is 12.1 Å². The number of fused-ring (bicyclic) bond motifs is 4. The zero-order chi connectivity index (χ0) is 23.3. The van der Waals surface area contributed by atoms with E-state index in [1.807, 2.05) is 36.4 Å². The summed E-state index contributed by atoms with van der Waals surface area (Å²) in [6, 6.07) is 30.6. The molecule has 0 saturated heterocycles. The van der Waals surface area contributed by atoms with Crippen molar-refractivity contribution in [3.8, 4) is 22.4 Å². The molecule has 4 aromatic carbocycles. The van der Waals surface area contributed by atoms with Crippen molar-refractivity contribution >= 4 is 10.9 Å². The van der Waals surface area contributed by atoms with E-state index in [-0.39, 0.29) is 5.52 Å². The van der Waals surface area contributed by atoms with Gasteiger partial charge in [-0.3, -0.25) is 0 Å². The van der Waals surface area contributed by atoms with Gasteiger partial charge in [-0.25, -0.2) is 4.98 Å². The van der Waals surface area contributed by atoms with Gasteiger partial charge in [0, 0.05) is 10.9 Å². The van der Waals surface area contributed by atoms with Gasteiger partial charge in [0.2, 0.25) is 0 Å². The average molecular weight is 451 g/mol. The van der Waals surface area contributed by atoms with Crippen LogP contribution in [0, 0.1) is 0 Å². The lowest BCUT2D eigenvalue weighted by molar-refractivity contribution is -0.136. The number of para-hydroxylation sites is 1. The second-order valence-electron chi connectivity index (χ2n) is 8.74. The van der Waals surface area contributed by atoms with Crippen molar-refractivity contribution < 1.29 is 13.2 Å². The largest absolute Gasteiger partial charge is 0.418 e. The van der Waals surface area contributed by atoms with Crippen LogP contribution in [0.15, 0.2) is 97.1 Å². The molecule has 1 aliphatic carbocycles. The van der Waals surface area contributed by atoms with Crippen LogP contribution in [-0.4, -0.2) is 4.98 Å². The van der Waals surface area contributed by atoms with E-state index in [4.69, 9.17) is 0 Å². The summed E-state index contributed by atoms with van der Waals surface area (Å²) in [7, 11) is 0. The van der Waals surface area contributed by atoms with Crippen LogP contribution in [0.4, 0.5) is 13.2 Å². The predicted molar refractivity (Wildman–Crippen MR) is 130 cm³/mol. The lowest BCUT2D eigenvalue weighted by atomic mass is 9.92. The number of alkyl halides is 3. The number of halogens is 3. The molecular weight excluding hydrogens is 431 g/mol. The molecular formula is C30H20F3N. The molecule has 0 amide bonds. The fourth-order valence-electron chi connectivity index (χ4n) is 4.98. The Morgan fingerprint density at radius 2 is 1.44 bits per heavy atom. The Morgan fingerprint density at radius 3 is 2.26 bits per heavy atom. The van der Waals surface area contributed by atoms with Gasteiger partial charge >= 0.3 is 6.18 Å². The maximum absolute atomic E-state index is 13.7. The fraction of sp³-hybridized carbons (Fsp3) is 0.100. The first-order valence-electron chi connectivity index (χ1n) is 11.2. The average Bonchev–Trinajstić information content (AvgIpc) is 3.21. The summed E-state index contributed by atoms with van der Waals surface area (Å²) in [5.74, 6) is 0. The molecule has 0 aliphatic heterocycles. The predicted octanol–water partition coefficient (Wildman–Crippen LogP) is 8.08. The van der Waals surface area contributed by atoms with Gasteiger partial charge in [-0.15, -0.1) is 0 Å². The van der Waals surface area contributed by atoms with Crippen molar-refractivity contribution in [1.82, 2.24) is 4.98 Å². The Hall–Kier alpha value is -3.92. The number of rotatable bonds is 3. The highest BCUT2D eigenvalue weighted by Gasteiger charge is 2.33. The summed E-state index contributed by atoms with van der Waals surface area (Å²) >= 11 is 0. The highest BCUT2D eigenvalue weighted by atomic mass is 19.4. The number of nitrogens with zero attached hydrogens (tertiary/aromatic N) is 1. The Kier molecular flexibility index (Phi) is 4.77. The first-order chi connectivity index (χ1) is 16.5. The molecule has 5 aromatic rings. The van der Waals surface area contributed by atoms with E-state index in [9.17, 15) is 13.2 Å². The van der Waals surface area contributed by atoms with Crippen molar-refractivity contribution in [2.45, 2.75) is 19.0 Å². The van der Waals surface area contributed by atoms with Gasteiger partial charge in [-0.1, -0.05) is 78.9 Å². The number of hydrogen-bond acceptors (Lipinski definition) is 1. The third kappa shape index (κ3) is 3.56. The summed E-state index contributed by atoms with van der Waals surface area (Å²) in [4.78, 5) is 4.58. The molecule has 4 heteroatoms. The van der Waals surface area contributed by atoms with E-state index < -0.39 is 11.7 Å². The Balaban J connectivity index is 1.56. The summed E-state index contributed by atoms with van der Waals surface area (Å²) in [6.45, 7) is 0. The smallest absolute Gasteiger partial charge is 0.247 e. The maximum Gasteiger partial charge on any atom is 0.418 e. The number of benzene rings is 4. The van der Waals surface area contributed by atoms with Crippen molar-refractivity contribution in [3.63, 3.8) is 0 Å². The Morgan fingerprint density at radius 1 is 0.676 bits per heavy atom. The van der Waals surface area contributed by atoms with Gasteiger partial charge in [0.05, 0.1) is 16.8 Å². The van der Waals surface area contributed by atoms with Crippen molar-refractivity contribution in [3.05, 3.63) is 125 Å². The molecule has 1 aromatic heterocycles. The highest BCUT2D eigenvalue weighted by Crippen LogP contribution is 2.43. The number of pyridine rings is 1. The minimum absolute atomic E-state index is 0.00905. The molecule has 6 rings (SSSR count). The quantitative estimate of drug-likeness (QED) is 0.265. The normalized spacial score (nSPS) is 12.6. The molecule has 1 aliphatic rings. The van der Waals surface area contributed by atoms with Crippen LogP contribution in [0.1, 0.15) is 27.8 Å². The molecule has 1 nitrogen and oxygen atoms in total. The van der Waals surface area contributed by atoms with Crippen LogP contribution in [0.2, 0.25) is 0 Å². The van der Waals surface area contributed by atoms with Crippen LogP contribution < -0.4 is 0 Å². The van der Waals surface area contributed by atoms with Gasteiger partial charge in [0.25, 0.3) is 0 Å². The molecule has 1 heterocycles. The summed E-state index contributed by atoms with van der Waals surface area (Å²) in [5, 5.41) is 0.485. The number of aromatic nitrogens is 1. The summed E-state index contributed by atoms with van der Waals surface area (Å²) in [6.07, 6.45) is -2.98. The molecule has 0 fully saturated rings.